The van der Waals surface area contributed by atoms with Crippen LogP contribution in [0.5, 0.6) is 5.75 Å². The van der Waals surface area contributed by atoms with Gasteiger partial charge in [0.1, 0.15) is 0 Å². The van der Waals surface area contributed by atoms with E-state index in [-0.39, 0.29) is 11.7 Å². The Labute approximate surface area is 207 Å². The number of hydrogen-bond donors (Lipinski definition) is 0. The zero-order valence-electron chi connectivity index (χ0n) is 20.8. The van der Waals surface area contributed by atoms with Crippen LogP contribution in [0.3, 0.4) is 0 Å². The molecule has 1 fully saturated rings. The van der Waals surface area contributed by atoms with Gasteiger partial charge in [0, 0.05) is 5.56 Å². The second-order valence-corrected chi connectivity index (χ2v) is 9.73. The fraction of sp³-hybridized carbons (Fsp3) is 0.419. The molecule has 0 unspecified atom stereocenters. The van der Waals surface area contributed by atoms with Crippen molar-refractivity contribution in [3.63, 3.8) is 0 Å². The highest BCUT2D eigenvalue weighted by molar-refractivity contribution is 5.65. The molecule has 0 saturated heterocycles. The first-order chi connectivity index (χ1) is 17.0. The summed E-state index contributed by atoms with van der Waals surface area (Å²) in [7, 11) is 0. The summed E-state index contributed by atoms with van der Waals surface area (Å²) in [5, 5.41) is 0. The first-order valence-electron chi connectivity index (χ1n) is 13.0. The third kappa shape index (κ3) is 6.09. The highest BCUT2D eigenvalue weighted by atomic mass is 19.2. The molecule has 0 bridgehead atoms. The molecule has 35 heavy (non-hydrogen) atoms. The lowest BCUT2D eigenvalue weighted by molar-refractivity contribution is 0.304. The Morgan fingerprint density at radius 3 is 2.14 bits per heavy atom. The van der Waals surface area contributed by atoms with Gasteiger partial charge in [-0.25, -0.2) is 13.2 Å². The zero-order valence-corrected chi connectivity index (χ0v) is 20.8. The summed E-state index contributed by atoms with van der Waals surface area (Å²) in [5.74, 6) is -0.894. The summed E-state index contributed by atoms with van der Waals surface area (Å²) in [4.78, 5) is 0. The van der Waals surface area contributed by atoms with Gasteiger partial charge in [0.2, 0.25) is 0 Å². The number of hydrogen-bond acceptors (Lipinski definition) is 1. The molecule has 1 saturated carbocycles. The summed E-state index contributed by atoms with van der Waals surface area (Å²) in [6.45, 7) is 4.40. The zero-order chi connectivity index (χ0) is 24.8. The van der Waals surface area contributed by atoms with Crippen LogP contribution < -0.4 is 4.74 Å². The van der Waals surface area contributed by atoms with Crippen molar-refractivity contribution in [1.82, 2.24) is 0 Å². The molecule has 0 aliphatic heterocycles. The van der Waals surface area contributed by atoms with Crippen molar-refractivity contribution in [3.05, 3.63) is 88.7 Å². The quantitative estimate of drug-likeness (QED) is 0.297. The molecule has 3 aromatic rings. The Morgan fingerprint density at radius 1 is 0.771 bits per heavy atom. The Kier molecular flexibility index (Phi) is 8.54. The van der Waals surface area contributed by atoms with Gasteiger partial charge < -0.3 is 4.74 Å². The van der Waals surface area contributed by atoms with E-state index in [9.17, 15) is 4.39 Å². The minimum absolute atomic E-state index is 0.0460. The van der Waals surface area contributed by atoms with Gasteiger partial charge in [0.25, 0.3) is 0 Å². The molecule has 0 spiro atoms. The number of halogens is 3. The summed E-state index contributed by atoms with van der Waals surface area (Å²) < 4.78 is 49.5. The molecule has 0 atom stereocenters. The molecule has 0 aromatic heterocycles. The van der Waals surface area contributed by atoms with E-state index in [4.69, 9.17) is 4.74 Å². The van der Waals surface area contributed by atoms with Crippen LogP contribution in [-0.4, -0.2) is 6.61 Å². The summed E-state index contributed by atoms with van der Waals surface area (Å²) >= 11 is 0. The molecule has 1 aliphatic rings. The number of benzene rings is 3. The van der Waals surface area contributed by atoms with E-state index in [1.807, 2.05) is 37.3 Å². The molecule has 1 aliphatic carbocycles. The maximum absolute atomic E-state index is 15.1. The summed E-state index contributed by atoms with van der Waals surface area (Å²) in [6, 6.07) is 16.4. The normalized spacial score (nSPS) is 18.0. The predicted molar refractivity (Wildman–Crippen MR) is 136 cm³/mol. The van der Waals surface area contributed by atoms with Gasteiger partial charge in [-0.15, -0.1) is 0 Å². The van der Waals surface area contributed by atoms with Gasteiger partial charge in [-0.05, 0) is 98.1 Å². The van der Waals surface area contributed by atoms with Crippen LogP contribution in [0.2, 0.25) is 0 Å². The van der Waals surface area contributed by atoms with Crippen molar-refractivity contribution in [2.75, 3.05) is 6.61 Å². The van der Waals surface area contributed by atoms with Crippen molar-refractivity contribution < 1.29 is 17.9 Å². The standard InChI is InChI=1S/C31H35F3O/c1-3-5-21-8-13-24(14-9-21)26-17-18-27(31(34)30(26)33)25-15-10-22(11-16-25)6-7-23-12-19-29(35-4-2)28(32)20-23/h8-9,12-14,17-20,22,25H,3-7,10-11,15-16H2,1-2H3. The highest BCUT2D eigenvalue weighted by Crippen LogP contribution is 2.40. The summed E-state index contributed by atoms with van der Waals surface area (Å²) in [6.07, 6.45) is 7.48. The second kappa shape index (κ2) is 11.8. The maximum Gasteiger partial charge on any atom is 0.166 e. The minimum atomic E-state index is -0.745. The molecule has 186 valence electrons. The largest absolute Gasteiger partial charge is 0.491 e. The molecule has 4 rings (SSSR count). The third-order valence-electron chi connectivity index (χ3n) is 7.34. The van der Waals surface area contributed by atoms with Gasteiger partial charge in [-0.2, -0.15) is 0 Å². The molecule has 4 heteroatoms. The molecule has 0 N–H and O–H groups in total. The fourth-order valence-corrected chi connectivity index (χ4v) is 5.35. The smallest absolute Gasteiger partial charge is 0.166 e. The van der Waals surface area contributed by atoms with E-state index in [1.54, 1.807) is 24.3 Å². The molecular formula is C31H35F3O. The highest BCUT2D eigenvalue weighted by Gasteiger charge is 2.26. The monoisotopic (exact) mass is 480 g/mol. The average molecular weight is 481 g/mol. The van der Waals surface area contributed by atoms with Crippen LogP contribution in [0.1, 0.15) is 75.0 Å². The topological polar surface area (TPSA) is 9.23 Å². The van der Waals surface area contributed by atoms with Gasteiger partial charge in [-0.1, -0.05) is 55.8 Å². The van der Waals surface area contributed by atoms with Crippen LogP contribution in [0.25, 0.3) is 11.1 Å². The van der Waals surface area contributed by atoms with Gasteiger partial charge in [0.15, 0.2) is 23.2 Å². The predicted octanol–water partition coefficient (Wildman–Crippen LogP) is 9.03. The van der Waals surface area contributed by atoms with Crippen molar-refractivity contribution in [2.45, 2.75) is 71.1 Å². The molecule has 0 heterocycles. The van der Waals surface area contributed by atoms with Gasteiger partial charge in [0.05, 0.1) is 6.61 Å². The first-order valence-corrected chi connectivity index (χ1v) is 13.0. The molecule has 0 amide bonds. The SMILES string of the molecule is CCCc1ccc(-c2ccc(C3CCC(CCc4ccc(OCC)c(F)c4)CC3)c(F)c2F)cc1. The van der Waals surface area contributed by atoms with Crippen molar-refractivity contribution >= 4 is 0 Å². The molecular weight excluding hydrogens is 445 g/mol. The number of ether oxygens (including phenoxy) is 1. The second-order valence-electron chi connectivity index (χ2n) is 9.73. The van der Waals surface area contributed by atoms with E-state index in [0.717, 1.165) is 56.9 Å². The Hall–Kier alpha value is -2.75. The van der Waals surface area contributed by atoms with Crippen LogP contribution in [-0.2, 0) is 12.8 Å². The Balaban J connectivity index is 1.35. The van der Waals surface area contributed by atoms with E-state index >= 15 is 8.78 Å². The van der Waals surface area contributed by atoms with Crippen LogP contribution in [0, 0.1) is 23.4 Å². The third-order valence-corrected chi connectivity index (χ3v) is 7.34. The van der Waals surface area contributed by atoms with Gasteiger partial charge in [-0.3, -0.25) is 0 Å². The minimum Gasteiger partial charge on any atom is -0.491 e. The van der Waals surface area contributed by atoms with Gasteiger partial charge >= 0.3 is 0 Å². The number of rotatable bonds is 9. The Bertz CT molecular complexity index is 1110. The lowest BCUT2D eigenvalue weighted by atomic mass is 9.76. The fourth-order valence-electron chi connectivity index (χ4n) is 5.35. The molecule has 0 radical (unpaired) electrons. The van der Waals surface area contributed by atoms with E-state index in [0.29, 0.717) is 35.0 Å². The van der Waals surface area contributed by atoms with E-state index in [1.165, 1.54) is 5.56 Å². The van der Waals surface area contributed by atoms with Crippen molar-refractivity contribution in [1.29, 1.82) is 0 Å². The molecule has 1 nitrogen and oxygen atoms in total. The lowest BCUT2D eigenvalue weighted by Gasteiger charge is -2.29. The average Bonchev–Trinajstić information content (AvgIpc) is 2.87. The lowest BCUT2D eigenvalue weighted by Crippen LogP contribution is -2.15. The van der Waals surface area contributed by atoms with Crippen molar-refractivity contribution in [2.24, 2.45) is 5.92 Å². The number of aryl methyl sites for hydroxylation is 2. The van der Waals surface area contributed by atoms with Crippen LogP contribution in [0.4, 0.5) is 13.2 Å². The van der Waals surface area contributed by atoms with Crippen LogP contribution >= 0.6 is 0 Å². The van der Waals surface area contributed by atoms with E-state index < -0.39 is 11.6 Å². The molecule has 3 aromatic carbocycles. The van der Waals surface area contributed by atoms with Crippen LogP contribution in [0.15, 0.2) is 54.6 Å². The van der Waals surface area contributed by atoms with E-state index in [2.05, 4.69) is 6.92 Å². The van der Waals surface area contributed by atoms with Crippen molar-refractivity contribution in [3.8, 4) is 16.9 Å². The summed E-state index contributed by atoms with van der Waals surface area (Å²) in [5.41, 5.74) is 3.71. The first kappa shape index (κ1) is 25.3. The Morgan fingerprint density at radius 2 is 1.49 bits per heavy atom. The maximum atomic E-state index is 15.1.